The third-order valence-electron chi connectivity index (χ3n) is 1.76. The van der Waals surface area contributed by atoms with Gasteiger partial charge in [-0.1, -0.05) is 17.7 Å². The fourth-order valence-corrected chi connectivity index (χ4v) is 1.24. The van der Waals surface area contributed by atoms with Gasteiger partial charge in [0.2, 0.25) is 0 Å². The molecule has 82 valence electrons. The molecule has 0 aliphatic heterocycles. The number of hydrogen-bond donors (Lipinski definition) is 2. The van der Waals surface area contributed by atoms with Crippen molar-refractivity contribution in [2.45, 2.75) is 12.3 Å². The maximum Gasteiger partial charge on any atom is 0.374 e. The number of halogens is 3. The largest absolute Gasteiger partial charge is 0.508 e. The molecule has 0 heterocycles. The molecule has 1 rings (SSSR count). The van der Waals surface area contributed by atoms with Crippen molar-refractivity contribution in [2.24, 2.45) is 0 Å². The van der Waals surface area contributed by atoms with Crippen LogP contribution in [0.3, 0.4) is 0 Å². The first-order valence-corrected chi connectivity index (χ1v) is 4.29. The van der Waals surface area contributed by atoms with Crippen LogP contribution in [0.4, 0.5) is 8.78 Å². The number of phenolic OH excluding ortho intramolecular Hbond substituents is 1. The Hall–Kier alpha value is -1.36. The van der Waals surface area contributed by atoms with Crippen molar-refractivity contribution in [1.29, 1.82) is 0 Å². The molecule has 0 aliphatic rings. The molecule has 0 radical (unpaired) electrons. The Balaban J connectivity index is 2.95. The summed E-state index contributed by atoms with van der Waals surface area (Å²) in [5, 5.41) is 17.1. The first-order chi connectivity index (χ1) is 6.83. The molecule has 1 aromatic carbocycles. The van der Waals surface area contributed by atoms with Crippen molar-refractivity contribution >= 4 is 17.6 Å². The molecule has 0 unspecified atom stereocenters. The SMILES string of the molecule is O=C(O)C(F)(F)Cc1ccc(O)cc1Cl. The second kappa shape index (κ2) is 4.02. The maximum atomic E-state index is 12.8. The smallest absolute Gasteiger partial charge is 0.374 e. The highest BCUT2D eigenvalue weighted by atomic mass is 35.5. The van der Waals surface area contributed by atoms with E-state index in [1.807, 2.05) is 0 Å². The number of carboxylic acids is 1. The van der Waals surface area contributed by atoms with E-state index in [-0.39, 0.29) is 16.3 Å². The zero-order valence-electron chi connectivity index (χ0n) is 7.38. The number of rotatable bonds is 3. The Morgan fingerprint density at radius 1 is 1.47 bits per heavy atom. The Labute approximate surface area is 88.9 Å². The van der Waals surface area contributed by atoms with Crippen molar-refractivity contribution in [1.82, 2.24) is 0 Å². The average Bonchev–Trinajstić information content (AvgIpc) is 2.09. The van der Waals surface area contributed by atoms with Gasteiger partial charge >= 0.3 is 11.9 Å². The zero-order chi connectivity index (χ0) is 11.6. The summed E-state index contributed by atoms with van der Waals surface area (Å²) in [6.07, 6.45) is -0.999. The monoisotopic (exact) mass is 236 g/mol. The van der Waals surface area contributed by atoms with Gasteiger partial charge in [0, 0.05) is 11.4 Å². The highest BCUT2D eigenvalue weighted by Crippen LogP contribution is 2.27. The predicted octanol–water partition coefficient (Wildman–Crippen LogP) is 2.31. The lowest BCUT2D eigenvalue weighted by atomic mass is 10.1. The Morgan fingerprint density at radius 3 is 2.53 bits per heavy atom. The van der Waals surface area contributed by atoms with E-state index in [9.17, 15) is 13.6 Å². The van der Waals surface area contributed by atoms with Crippen LogP contribution in [-0.2, 0) is 11.2 Å². The van der Waals surface area contributed by atoms with E-state index in [1.54, 1.807) is 0 Å². The van der Waals surface area contributed by atoms with E-state index < -0.39 is 18.3 Å². The highest BCUT2D eigenvalue weighted by Gasteiger charge is 2.39. The number of carboxylic acid groups (broad SMARTS) is 1. The summed E-state index contributed by atoms with van der Waals surface area (Å²) in [5.41, 5.74) is -0.0260. The van der Waals surface area contributed by atoms with Gasteiger partial charge in [0.05, 0.1) is 0 Å². The number of hydrogen-bond acceptors (Lipinski definition) is 2. The zero-order valence-corrected chi connectivity index (χ0v) is 8.13. The van der Waals surface area contributed by atoms with E-state index in [0.29, 0.717) is 0 Å². The van der Waals surface area contributed by atoms with E-state index in [4.69, 9.17) is 21.8 Å². The number of alkyl halides is 2. The number of benzene rings is 1. The van der Waals surface area contributed by atoms with Crippen molar-refractivity contribution in [3.63, 3.8) is 0 Å². The third kappa shape index (κ3) is 2.79. The fourth-order valence-electron chi connectivity index (χ4n) is 0.994. The van der Waals surface area contributed by atoms with Crippen LogP contribution in [0.25, 0.3) is 0 Å². The molecule has 0 atom stereocenters. The topological polar surface area (TPSA) is 57.5 Å². The summed E-state index contributed by atoms with van der Waals surface area (Å²) in [5.74, 6) is -6.23. The van der Waals surface area contributed by atoms with Crippen molar-refractivity contribution in [3.05, 3.63) is 28.8 Å². The number of phenols is 1. The van der Waals surface area contributed by atoms with Crippen LogP contribution < -0.4 is 0 Å². The molecule has 0 aromatic heterocycles. The van der Waals surface area contributed by atoms with E-state index in [2.05, 4.69) is 0 Å². The van der Waals surface area contributed by atoms with Crippen LogP contribution in [0, 0.1) is 0 Å². The summed E-state index contributed by atoms with van der Waals surface area (Å²) in [7, 11) is 0. The summed E-state index contributed by atoms with van der Waals surface area (Å²) < 4.78 is 25.6. The molecule has 6 heteroatoms. The predicted molar refractivity (Wildman–Crippen MR) is 49.4 cm³/mol. The third-order valence-corrected chi connectivity index (χ3v) is 2.11. The molecule has 0 amide bonds. The number of aromatic hydroxyl groups is 1. The summed E-state index contributed by atoms with van der Waals surface area (Å²) in [6, 6.07) is 3.41. The molecule has 0 spiro atoms. The highest BCUT2D eigenvalue weighted by molar-refractivity contribution is 6.31. The molecule has 0 saturated carbocycles. The first-order valence-electron chi connectivity index (χ1n) is 3.91. The molecule has 1 aromatic rings. The minimum atomic E-state index is -3.86. The Bertz CT molecular complexity index is 393. The standard InChI is InChI=1S/C9H7ClF2O3/c10-7-3-6(13)2-1-5(7)4-9(11,12)8(14)15/h1-3,13H,4H2,(H,14,15). The molecule has 2 N–H and O–H groups in total. The van der Waals surface area contributed by atoms with Gasteiger partial charge < -0.3 is 10.2 Å². The second-order valence-electron chi connectivity index (χ2n) is 2.96. The second-order valence-corrected chi connectivity index (χ2v) is 3.37. The Morgan fingerprint density at radius 2 is 2.07 bits per heavy atom. The fraction of sp³-hybridized carbons (Fsp3) is 0.222. The quantitative estimate of drug-likeness (QED) is 0.847. The van der Waals surface area contributed by atoms with E-state index >= 15 is 0 Å². The lowest BCUT2D eigenvalue weighted by molar-refractivity contribution is -0.164. The van der Waals surface area contributed by atoms with Crippen LogP contribution in [0.15, 0.2) is 18.2 Å². The van der Waals surface area contributed by atoms with Gasteiger partial charge in [0.25, 0.3) is 0 Å². The van der Waals surface area contributed by atoms with Gasteiger partial charge in [0.1, 0.15) is 5.75 Å². The maximum absolute atomic E-state index is 12.8. The summed E-state index contributed by atoms with van der Waals surface area (Å²) >= 11 is 5.55. The van der Waals surface area contributed by atoms with E-state index in [0.717, 1.165) is 12.1 Å². The molecule has 0 bridgehead atoms. The summed E-state index contributed by atoms with van der Waals surface area (Å²) in [4.78, 5) is 10.2. The van der Waals surface area contributed by atoms with Gasteiger partial charge in [-0.15, -0.1) is 0 Å². The lowest BCUT2D eigenvalue weighted by Gasteiger charge is -2.12. The average molecular weight is 237 g/mol. The van der Waals surface area contributed by atoms with Crippen LogP contribution in [0.2, 0.25) is 5.02 Å². The van der Waals surface area contributed by atoms with Gasteiger partial charge in [-0.3, -0.25) is 0 Å². The van der Waals surface area contributed by atoms with E-state index in [1.165, 1.54) is 6.07 Å². The normalized spacial score (nSPS) is 11.4. The van der Waals surface area contributed by atoms with Crippen molar-refractivity contribution in [3.8, 4) is 5.75 Å². The van der Waals surface area contributed by atoms with Gasteiger partial charge in [-0.25, -0.2) is 4.79 Å². The molecule has 0 fully saturated rings. The van der Waals surface area contributed by atoms with Crippen LogP contribution in [-0.4, -0.2) is 22.1 Å². The molecule has 3 nitrogen and oxygen atoms in total. The van der Waals surface area contributed by atoms with Gasteiger partial charge in [0.15, 0.2) is 0 Å². The van der Waals surface area contributed by atoms with Gasteiger partial charge in [-0.05, 0) is 17.7 Å². The minimum absolute atomic E-state index is 0.0260. The van der Waals surface area contributed by atoms with Gasteiger partial charge in [-0.2, -0.15) is 8.78 Å². The van der Waals surface area contributed by atoms with Crippen LogP contribution in [0.1, 0.15) is 5.56 Å². The number of aliphatic carboxylic acids is 1. The minimum Gasteiger partial charge on any atom is -0.508 e. The molecule has 0 saturated heterocycles. The van der Waals surface area contributed by atoms with Crippen molar-refractivity contribution < 1.29 is 23.8 Å². The van der Waals surface area contributed by atoms with Crippen LogP contribution >= 0.6 is 11.6 Å². The molecule has 15 heavy (non-hydrogen) atoms. The van der Waals surface area contributed by atoms with Crippen LogP contribution in [0.5, 0.6) is 5.75 Å². The lowest BCUT2D eigenvalue weighted by Crippen LogP contribution is -2.30. The number of carbonyl (C=O) groups is 1. The molecule has 0 aliphatic carbocycles. The first kappa shape index (κ1) is 11.7. The molecular formula is C9H7ClF2O3. The molecular weight excluding hydrogens is 230 g/mol. The summed E-state index contributed by atoms with van der Waals surface area (Å²) in [6.45, 7) is 0. The van der Waals surface area contributed by atoms with Crippen molar-refractivity contribution in [2.75, 3.05) is 0 Å². The Kier molecular flexibility index (Phi) is 3.14.